The van der Waals surface area contributed by atoms with Gasteiger partial charge in [-0.05, 0) is 50.5 Å². The van der Waals surface area contributed by atoms with Crippen molar-refractivity contribution in [1.82, 2.24) is 19.5 Å². The molecule has 186 valence electrons. The number of pyridine rings is 1. The third-order valence-corrected chi connectivity index (χ3v) is 7.78. The van der Waals surface area contributed by atoms with E-state index in [0.29, 0.717) is 31.0 Å². The van der Waals surface area contributed by atoms with Gasteiger partial charge in [-0.2, -0.15) is 15.0 Å². The van der Waals surface area contributed by atoms with Gasteiger partial charge in [-0.3, -0.25) is 4.79 Å². The van der Waals surface area contributed by atoms with E-state index < -0.39 is 0 Å². The first-order chi connectivity index (χ1) is 17.2. The van der Waals surface area contributed by atoms with Crippen LogP contribution in [0.4, 0.5) is 17.8 Å². The zero-order chi connectivity index (χ0) is 23.6. The number of nitrogens with one attached hydrogen (secondary N) is 1. The van der Waals surface area contributed by atoms with Crippen LogP contribution in [0.3, 0.4) is 0 Å². The van der Waals surface area contributed by atoms with Gasteiger partial charge in [0.1, 0.15) is 0 Å². The lowest BCUT2D eigenvalue weighted by Crippen LogP contribution is -2.48. The number of hydrogen-bond donors (Lipinski definition) is 1. The molecule has 5 heterocycles. The van der Waals surface area contributed by atoms with Crippen molar-refractivity contribution >= 4 is 17.8 Å². The minimum atomic E-state index is 0.111. The first-order valence-electron chi connectivity index (χ1n) is 13.2. The summed E-state index contributed by atoms with van der Waals surface area (Å²) >= 11 is 0. The molecule has 0 amide bonds. The molecule has 9 heteroatoms. The van der Waals surface area contributed by atoms with Crippen LogP contribution >= 0.6 is 0 Å². The van der Waals surface area contributed by atoms with Gasteiger partial charge in [-0.15, -0.1) is 0 Å². The van der Waals surface area contributed by atoms with Crippen LogP contribution in [0.5, 0.6) is 0 Å². The predicted octanol–water partition coefficient (Wildman–Crippen LogP) is 2.80. The second-order valence-electron chi connectivity index (χ2n) is 10.2. The smallest absolute Gasteiger partial charge is 0.250 e. The summed E-state index contributed by atoms with van der Waals surface area (Å²) in [5.41, 5.74) is 2.80. The maximum Gasteiger partial charge on any atom is 0.250 e. The van der Waals surface area contributed by atoms with Gasteiger partial charge < -0.3 is 24.4 Å². The van der Waals surface area contributed by atoms with Crippen molar-refractivity contribution in [2.75, 3.05) is 61.1 Å². The van der Waals surface area contributed by atoms with E-state index in [4.69, 9.17) is 19.7 Å². The van der Waals surface area contributed by atoms with Crippen LogP contribution in [0.2, 0.25) is 0 Å². The molecule has 2 atom stereocenters. The molecule has 0 radical (unpaired) electrons. The molecule has 0 saturated carbocycles. The number of ether oxygens (including phenoxy) is 1. The van der Waals surface area contributed by atoms with Crippen molar-refractivity contribution in [3.05, 3.63) is 45.9 Å². The Morgan fingerprint density at radius 3 is 2.69 bits per heavy atom. The zero-order valence-corrected chi connectivity index (χ0v) is 20.4. The molecule has 0 unspecified atom stereocenters. The lowest BCUT2D eigenvalue weighted by Gasteiger charge is -2.42. The number of fused-ring (bicyclic) bond motifs is 4. The van der Waals surface area contributed by atoms with Crippen LogP contribution in [0, 0.1) is 5.92 Å². The molecule has 0 aromatic carbocycles. The summed E-state index contributed by atoms with van der Waals surface area (Å²) in [6, 6.07) is 5.66. The van der Waals surface area contributed by atoms with E-state index in [2.05, 4.69) is 27.3 Å². The fourth-order valence-electron chi connectivity index (χ4n) is 6.01. The number of piperidine rings is 1. The van der Waals surface area contributed by atoms with Crippen LogP contribution in [0.1, 0.15) is 50.1 Å². The molecule has 3 aliphatic heterocycles. The van der Waals surface area contributed by atoms with Crippen molar-refractivity contribution in [3.8, 4) is 0 Å². The van der Waals surface area contributed by atoms with Crippen LogP contribution in [-0.4, -0.2) is 65.5 Å². The Morgan fingerprint density at radius 2 is 1.86 bits per heavy atom. The number of allylic oxidation sites excluding steroid dienone is 1. The van der Waals surface area contributed by atoms with E-state index in [9.17, 15) is 4.79 Å². The largest absolute Gasteiger partial charge is 0.378 e. The second kappa shape index (κ2) is 9.97. The second-order valence-corrected chi connectivity index (χ2v) is 10.2. The van der Waals surface area contributed by atoms with Crippen LogP contribution < -0.4 is 20.7 Å². The molecule has 2 aromatic rings. The Hall–Kier alpha value is -2.94. The highest BCUT2D eigenvalue weighted by Gasteiger charge is 2.36. The normalized spacial score (nSPS) is 24.1. The van der Waals surface area contributed by atoms with Crippen LogP contribution in [0.25, 0.3) is 0 Å². The first-order valence-corrected chi connectivity index (χ1v) is 13.2. The van der Waals surface area contributed by atoms with Crippen LogP contribution in [0.15, 0.2) is 34.6 Å². The molecule has 35 heavy (non-hydrogen) atoms. The van der Waals surface area contributed by atoms with Crippen molar-refractivity contribution in [2.45, 2.75) is 51.0 Å². The zero-order valence-electron chi connectivity index (χ0n) is 20.4. The van der Waals surface area contributed by atoms with Crippen LogP contribution in [-0.2, 0) is 11.3 Å². The Bertz CT molecular complexity index is 1140. The van der Waals surface area contributed by atoms with Crippen molar-refractivity contribution < 1.29 is 4.74 Å². The number of anilines is 3. The fraction of sp³-hybridized carbons (Fsp3) is 0.615. The Balaban J connectivity index is 1.24. The van der Waals surface area contributed by atoms with Gasteiger partial charge in [-0.1, -0.05) is 17.7 Å². The Kier molecular flexibility index (Phi) is 6.41. The molecule has 6 rings (SSSR count). The van der Waals surface area contributed by atoms with E-state index >= 15 is 0 Å². The highest BCUT2D eigenvalue weighted by atomic mass is 16.5. The summed E-state index contributed by atoms with van der Waals surface area (Å²) in [6.45, 7) is 6.24. The Morgan fingerprint density at radius 1 is 1.00 bits per heavy atom. The average Bonchev–Trinajstić information content (AvgIpc) is 2.90. The summed E-state index contributed by atoms with van der Waals surface area (Å²) in [7, 11) is 0. The van der Waals surface area contributed by atoms with Gasteiger partial charge in [0.25, 0.3) is 5.56 Å². The molecule has 1 N–H and O–H groups in total. The predicted molar refractivity (Wildman–Crippen MR) is 136 cm³/mol. The molecule has 4 aliphatic rings. The third-order valence-electron chi connectivity index (χ3n) is 7.78. The van der Waals surface area contributed by atoms with Crippen molar-refractivity contribution in [1.29, 1.82) is 0 Å². The SMILES string of the molecule is O=c1cccc2n1C[C@H]1C[C@@H]2CN(c2nc(NCCC3=CCCCC3)nc(N3CCOCC3)n2)C1. The number of rotatable bonds is 6. The number of hydrogen-bond acceptors (Lipinski definition) is 8. The lowest BCUT2D eigenvalue weighted by atomic mass is 9.83. The molecule has 2 fully saturated rings. The quantitative estimate of drug-likeness (QED) is 0.636. The minimum Gasteiger partial charge on any atom is -0.378 e. The summed E-state index contributed by atoms with van der Waals surface area (Å²) in [4.78, 5) is 31.5. The summed E-state index contributed by atoms with van der Waals surface area (Å²) in [6.07, 6.45) is 9.58. The summed E-state index contributed by atoms with van der Waals surface area (Å²) in [5.74, 6) is 2.85. The third kappa shape index (κ3) is 4.91. The number of morpholine rings is 1. The monoisotopic (exact) mass is 477 g/mol. The van der Waals surface area contributed by atoms with Gasteiger partial charge >= 0.3 is 0 Å². The topological polar surface area (TPSA) is 88.4 Å². The standard InChI is InChI=1S/C26H35N7O2/c34-23-8-4-7-22-21-15-20(17-33(22)23)16-32(18-21)26-29-24(27-10-9-19-5-2-1-3-6-19)28-25(30-26)31-11-13-35-14-12-31/h4-5,7-8,20-21H,1-3,6,9-18H2,(H,27,28,29,30)/t20-,21+/m0/s1. The van der Waals surface area contributed by atoms with E-state index in [0.717, 1.165) is 69.7 Å². The van der Waals surface area contributed by atoms with E-state index in [1.807, 2.05) is 10.6 Å². The summed E-state index contributed by atoms with van der Waals surface area (Å²) < 4.78 is 7.52. The van der Waals surface area contributed by atoms with Crippen molar-refractivity contribution in [2.24, 2.45) is 5.92 Å². The highest BCUT2D eigenvalue weighted by molar-refractivity contribution is 5.46. The average molecular weight is 478 g/mol. The maximum atomic E-state index is 12.4. The van der Waals surface area contributed by atoms with E-state index in [1.54, 1.807) is 11.6 Å². The fourth-order valence-corrected chi connectivity index (χ4v) is 6.01. The molecule has 2 bridgehead atoms. The van der Waals surface area contributed by atoms with Gasteiger partial charge in [0.05, 0.1) is 13.2 Å². The van der Waals surface area contributed by atoms with Gasteiger partial charge in [0, 0.05) is 56.9 Å². The molecule has 1 aliphatic carbocycles. The van der Waals surface area contributed by atoms with Gasteiger partial charge in [0.15, 0.2) is 0 Å². The molecule has 0 spiro atoms. The molecule has 2 saturated heterocycles. The number of nitrogens with zero attached hydrogens (tertiary/aromatic N) is 6. The first kappa shape index (κ1) is 22.5. The highest BCUT2D eigenvalue weighted by Crippen LogP contribution is 2.36. The molecule has 9 nitrogen and oxygen atoms in total. The molecular weight excluding hydrogens is 442 g/mol. The minimum absolute atomic E-state index is 0.111. The lowest BCUT2D eigenvalue weighted by molar-refractivity contribution is 0.122. The Labute approximate surface area is 206 Å². The number of aromatic nitrogens is 4. The van der Waals surface area contributed by atoms with E-state index in [-0.39, 0.29) is 5.56 Å². The van der Waals surface area contributed by atoms with Crippen molar-refractivity contribution in [3.63, 3.8) is 0 Å². The van der Waals surface area contributed by atoms with E-state index in [1.165, 1.54) is 25.7 Å². The summed E-state index contributed by atoms with van der Waals surface area (Å²) in [5, 5.41) is 3.49. The van der Waals surface area contributed by atoms with Gasteiger partial charge in [-0.25, -0.2) is 0 Å². The van der Waals surface area contributed by atoms with Gasteiger partial charge in [0.2, 0.25) is 17.8 Å². The maximum absolute atomic E-state index is 12.4. The molecule has 2 aromatic heterocycles. The molecular formula is C26H35N7O2.